The van der Waals surface area contributed by atoms with Gasteiger partial charge in [-0.3, -0.25) is 4.79 Å². The van der Waals surface area contributed by atoms with Gasteiger partial charge in [0, 0.05) is 5.38 Å². The molecule has 1 aromatic heterocycles. The highest BCUT2D eigenvalue weighted by molar-refractivity contribution is 9.11. The third-order valence-electron chi connectivity index (χ3n) is 1.35. The molecule has 0 bridgehead atoms. The number of hydrogen-bond acceptors (Lipinski definition) is 3. The molecule has 2 rings (SSSR count). The Morgan fingerprint density at radius 2 is 2.50 bits per heavy atom. The Labute approximate surface area is 69.9 Å². The van der Waals surface area contributed by atoms with Gasteiger partial charge < -0.3 is 4.74 Å². The third kappa shape index (κ3) is 0.722. The summed E-state index contributed by atoms with van der Waals surface area (Å²) < 4.78 is 6.01. The number of thiophene rings is 1. The number of rotatable bonds is 0. The average Bonchev–Trinajstić information content (AvgIpc) is 2.41. The van der Waals surface area contributed by atoms with Crippen molar-refractivity contribution in [2.24, 2.45) is 0 Å². The van der Waals surface area contributed by atoms with Gasteiger partial charge in [-0.05, 0) is 15.9 Å². The normalized spacial score (nSPS) is 15.1. The summed E-state index contributed by atoms with van der Waals surface area (Å²) >= 11 is 4.77. The van der Waals surface area contributed by atoms with Gasteiger partial charge in [-0.15, -0.1) is 11.3 Å². The molecule has 0 spiro atoms. The highest BCUT2D eigenvalue weighted by Crippen LogP contribution is 2.38. The second-order valence-corrected chi connectivity index (χ2v) is 4.16. The van der Waals surface area contributed by atoms with E-state index in [2.05, 4.69) is 15.9 Å². The molecule has 1 aliphatic heterocycles. The van der Waals surface area contributed by atoms with Gasteiger partial charge >= 0.3 is 0 Å². The summed E-state index contributed by atoms with van der Waals surface area (Å²) in [6, 6.07) is 0. The van der Waals surface area contributed by atoms with Crippen LogP contribution in [-0.2, 0) is 0 Å². The molecule has 10 heavy (non-hydrogen) atoms. The van der Waals surface area contributed by atoms with Gasteiger partial charge in [0.15, 0.2) is 12.4 Å². The fourth-order valence-corrected chi connectivity index (χ4v) is 2.21. The lowest BCUT2D eigenvalue weighted by Crippen LogP contribution is -1.98. The van der Waals surface area contributed by atoms with Gasteiger partial charge in [-0.25, -0.2) is 0 Å². The van der Waals surface area contributed by atoms with E-state index in [0.717, 1.165) is 15.1 Å². The van der Waals surface area contributed by atoms with Crippen molar-refractivity contribution in [3.8, 4) is 5.75 Å². The number of fused-ring (bicyclic) bond motifs is 1. The lowest BCUT2D eigenvalue weighted by molar-refractivity contribution is 0.0961. The second kappa shape index (κ2) is 2.07. The van der Waals surface area contributed by atoms with E-state index in [1.807, 2.05) is 5.38 Å². The van der Waals surface area contributed by atoms with E-state index in [-0.39, 0.29) is 12.4 Å². The number of ether oxygens (including phenoxy) is 1. The van der Waals surface area contributed by atoms with Gasteiger partial charge in [-0.2, -0.15) is 0 Å². The molecule has 4 heteroatoms. The molecule has 0 unspecified atom stereocenters. The Kier molecular flexibility index (Phi) is 1.32. The summed E-state index contributed by atoms with van der Waals surface area (Å²) in [7, 11) is 0. The number of Topliss-reactive ketones (excluding diaryl/α,β-unsaturated/α-hetero) is 1. The molecule has 0 atom stereocenters. The van der Waals surface area contributed by atoms with Gasteiger partial charge in [0.2, 0.25) is 5.78 Å². The van der Waals surface area contributed by atoms with Crippen LogP contribution >= 0.6 is 27.3 Å². The van der Waals surface area contributed by atoms with Crippen LogP contribution in [0.25, 0.3) is 0 Å². The molecule has 0 saturated heterocycles. The molecule has 0 saturated carbocycles. The van der Waals surface area contributed by atoms with Gasteiger partial charge in [-0.1, -0.05) is 0 Å². The summed E-state index contributed by atoms with van der Waals surface area (Å²) in [5, 5.41) is 1.81. The molecule has 1 aromatic rings. The maximum absolute atomic E-state index is 10.9. The monoisotopic (exact) mass is 218 g/mol. The maximum atomic E-state index is 10.9. The Hall–Kier alpha value is -0.350. The third-order valence-corrected chi connectivity index (χ3v) is 3.02. The minimum absolute atomic E-state index is 0.0805. The number of carbonyl (C=O) groups is 1. The first-order chi connectivity index (χ1) is 4.79. The largest absolute Gasteiger partial charge is 0.483 e. The molecule has 1 aliphatic rings. The summed E-state index contributed by atoms with van der Waals surface area (Å²) in [5.41, 5.74) is 0.719. The molecule has 0 N–H and O–H groups in total. The first kappa shape index (κ1) is 6.37. The summed E-state index contributed by atoms with van der Waals surface area (Å²) in [6.45, 7) is 0.205. The van der Waals surface area contributed by atoms with Crippen molar-refractivity contribution in [1.29, 1.82) is 0 Å². The Morgan fingerprint density at radius 1 is 1.70 bits per heavy atom. The molecule has 0 aromatic carbocycles. The molecule has 0 fully saturated rings. The van der Waals surface area contributed by atoms with Crippen LogP contribution in [0.1, 0.15) is 10.4 Å². The fraction of sp³-hybridized carbons (Fsp3) is 0.167. The van der Waals surface area contributed by atoms with Crippen molar-refractivity contribution < 1.29 is 9.53 Å². The zero-order valence-electron chi connectivity index (χ0n) is 4.89. The van der Waals surface area contributed by atoms with Crippen LogP contribution in [-0.4, -0.2) is 12.4 Å². The Morgan fingerprint density at radius 3 is 3.20 bits per heavy atom. The van der Waals surface area contributed by atoms with Crippen molar-refractivity contribution >= 4 is 33.0 Å². The van der Waals surface area contributed by atoms with Crippen molar-refractivity contribution in [2.75, 3.05) is 6.61 Å². The molecule has 0 radical (unpaired) electrons. The van der Waals surface area contributed by atoms with Crippen molar-refractivity contribution in [1.82, 2.24) is 0 Å². The zero-order chi connectivity index (χ0) is 7.14. The quantitative estimate of drug-likeness (QED) is 0.667. The first-order valence-corrected chi connectivity index (χ1v) is 4.39. The lowest BCUT2D eigenvalue weighted by atomic mass is 10.2. The van der Waals surface area contributed by atoms with Crippen LogP contribution in [0.3, 0.4) is 0 Å². The van der Waals surface area contributed by atoms with Gasteiger partial charge in [0.05, 0.1) is 5.56 Å². The summed E-state index contributed by atoms with van der Waals surface area (Å²) in [6.07, 6.45) is 0. The Balaban J connectivity index is 2.63. The lowest BCUT2D eigenvalue weighted by Gasteiger charge is -1.90. The van der Waals surface area contributed by atoms with Crippen LogP contribution < -0.4 is 4.74 Å². The minimum atomic E-state index is 0.0805. The molecule has 52 valence electrons. The molecule has 2 heterocycles. The highest BCUT2D eigenvalue weighted by Gasteiger charge is 2.24. The average molecular weight is 219 g/mol. The smallest absolute Gasteiger partial charge is 0.204 e. The van der Waals surface area contributed by atoms with Crippen LogP contribution in [0.15, 0.2) is 9.17 Å². The Bertz CT molecular complexity index is 292. The highest BCUT2D eigenvalue weighted by atomic mass is 79.9. The van der Waals surface area contributed by atoms with E-state index >= 15 is 0 Å². The van der Waals surface area contributed by atoms with E-state index in [1.165, 1.54) is 11.3 Å². The van der Waals surface area contributed by atoms with Crippen LogP contribution in [0, 0.1) is 0 Å². The van der Waals surface area contributed by atoms with E-state index in [1.54, 1.807) is 0 Å². The zero-order valence-corrected chi connectivity index (χ0v) is 7.29. The maximum Gasteiger partial charge on any atom is 0.204 e. The van der Waals surface area contributed by atoms with Crippen LogP contribution in [0.5, 0.6) is 5.75 Å². The number of halogens is 1. The van der Waals surface area contributed by atoms with E-state index in [9.17, 15) is 4.79 Å². The molecule has 2 nitrogen and oxygen atoms in total. The van der Waals surface area contributed by atoms with Gasteiger partial charge in [0.1, 0.15) is 3.79 Å². The van der Waals surface area contributed by atoms with Crippen molar-refractivity contribution in [3.63, 3.8) is 0 Å². The standard InChI is InChI=1S/C6H3BrO2S/c7-6-5-3(2-10-6)4(8)1-9-5/h2H,1H2. The van der Waals surface area contributed by atoms with Crippen LogP contribution in [0.2, 0.25) is 0 Å². The minimum Gasteiger partial charge on any atom is -0.483 e. The molecular formula is C6H3BrO2S. The fourth-order valence-electron chi connectivity index (χ4n) is 0.866. The first-order valence-electron chi connectivity index (χ1n) is 2.72. The van der Waals surface area contributed by atoms with Crippen molar-refractivity contribution in [2.45, 2.75) is 0 Å². The predicted octanol–water partition coefficient (Wildman–Crippen LogP) is 2.09. The van der Waals surface area contributed by atoms with E-state index < -0.39 is 0 Å². The molecular weight excluding hydrogens is 216 g/mol. The van der Waals surface area contributed by atoms with E-state index in [4.69, 9.17) is 4.74 Å². The number of ketones is 1. The summed E-state index contributed by atoms with van der Waals surface area (Å²) in [5.74, 6) is 0.798. The topological polar surface area (TPSA) is 26.3 Å². The van der Waals surface area contributed by atoms with Gasteiger partial charge in [0.25, 0.3) is 0 Å². The second-order valence-electron chi connectivity index (χ2n) is 1.96. The van der Waals surface area contributed by atoms with E-state index in [0.29, 0.717) is 0 Å². The van der Waals surface area contributed by atoms with Crippen LogP contribution in [0.4, 0.5) is 0 Å². The predicted molar refractivity (Wildman–Crippen MR) is 41.8 cm³/mol. The number of carbonyl (C=O) groups excluding carboxylic acids is 1. The SMILES string of the molecule is O=C1COc2c1csc2Br. The molecule has 0 aliphatic carbocycles. The summed E-state index contributed by atoms with van der Waals surface area (Å²) in [4.78, 5) is 10.9. The molecule has 0 amide bonds. The number of hydrogen-bond donors (Lipinski definition) is 0. The van der Waals surface area contributed by atoms with Crippen molar-refractivity contribution in [3.05, 3.63) is 14.7 Å².